The number of fused-ring (bicyclic) bond motifs is 1. The largest absolute Gasteiger partial charge is 0.494 e. The van der Waals surface area contributed by atoms with E-state index >= 15 is 0 Å². The number of aromatic nitrogens is 2. The zero-order valence-electron chi connectivity index (χ0n) is 13.9. The topological polar surface area (TPSA) is 87.4 Å². The Kier molecular flexibility index (Phi) is 3.65. The van der Waals surface area contributed by atoms with Gasteiger partial charge in [0.1, 0.15) is 5.56 Å². The van der Waals surface area contributed by atoms with Crippen LogP contribution in [0.4, 0.5) is 5.69 Å². The van der Waals surface area contributed by atoms with Gasteiger partial charge in [-0.2, -0.15) is 0 Å². The summed E-state index contributed by atoms with van der Waals surface area (Å²) in [6.07, 6.45) is 3.17. The summed E-state index contributed by atoms with van der Waals surface area (Å²) in [5, 5.41) is 10.6. The molecule has 26 heavy (non-hydrogen) atoms. The van der Waals surface area contributed by atoms with Gasteiger partial charge in [0, 0.05) is 17.4 Å². The maximum absolute atomic E-state index is 12.3. The van der Waals surface area contributed by atoms with E-state index in [1.54, 1.807) is 18.3 Å². The van der Waals surface area contributed by atoms with Gasteiger partial charge in [-0.1, -0.05) is 35.9 Å². The Labute approximate surface area is 148 Å². The molecule has 6 heteroatoms. The quantitative estimate of drug-likeness (QED) is 0.749. The second-order valence-corrected chi connectivity index (χ2v) is 6.04. The molecule has 0 saturated carbocycles. The molecule has 128 valence electrons. The zero-order chi connectivity index (χ0) is 18.3. The minimum Gasteiger partial charge on any atom is -0.494 e. The van der Waals surface area contributed by atoms with Crippen molar-refractivity contribution in [3.8, 4) is 11.6 Å². The highest BCUT2D eigenvalue weighted by molar-refractivity contribution is 6.21. The molecule has 3 aromatic rings. The van der Waals surface area contributed by atoms with Crippen LogP contribution in [0.1, 0.15) is 16.7 Å². The van der Waals surface area contributed by atoms with E-state index in [0.29, 0.717) is 11.3 Å². The molecule has 0 saturated heterocycles. The molecule has 1 aromatic heterocycles. The van der Waals surface area contributed by atoms with Crippen molar-refractivity contribution in [3.63, 3.8) is 0 Å². The Balaban J connectivity index is 1.91. The van der Waals surface area contributed by atoms with Crippen LogP contribution in [-0.2, 0) is 0 Å². The third-order valence-electron chi connectivity index (χ3n) is 4.27. The van der Waals surface area contributed by atoms with Crippen LogP contribution in [0.3, 0.4) is 0 Å². The van der Waals surface area contributed by atoms with Crippen LogP contribution in [0.5, 0.6) is 5.88 Å². The van der Waals surface area contributed by atoms with Crippen LogP contribution < -0.4 is 11.2 Å². The Morgan fingerprint density at radius 2 is 1.81 bits per heavy atom. The number of aliphatic imine (C=N–C) groups is 1. The fraction of sp³-hybridized carbons (Fsp3) is 0.0500. The first-order chi connectivity index (χ1) is 12.5. The highest BCUT2D eigenvalue weighted by Gasteiger charge is 2.17. The molecule has 0 radical (unpaired) electrons. The summed E-state index contributed by atoms with van der Waals surface area (Å²) in [6.45, 7) is 1.92. The van der Waals surface area contributed by atoms with Crippen LogP contribution in [0.2, 0.25) is 0 Å². The van der Waals surface area contributed by atoms with Crippen molar-refractivity contribution in [2.24, 2.45) is 4.99 Å². The summed E-state index contributed by atoms with van der Waals surface area (Å²) >= 11 is 0. The molecule has 6 nitrogen and oxygen atoms in total. The SMILES string of the molecule is Cc1ccc(-n2c(O)c(/C=C3\C=Nc4ccccc43)c(=O)[nH]c2=O)cc1. The third-order valence-corrected chi connectivity index (χ3v) is 4.27. The number of para-hydroxylation sites is 1. The molecular formula is C20H15N3O3. The Morgan fingerprint density at radius 1 is 1.08 bits per heavy atom. The van der Waals surface area contributed by atoms with Crippen LogP contribution >= 0.6 is 0 Å². The molecule has 0 fully saturated rings. The van der Waals surface area contributed by atoms with Gasteiger partial charge in [-0.3, -0.25) is 14.8 Å². The molecule has 0 spiro atoms. The maximum atomic E-state index is 12.3. The third kappa shape index (κ3) is 2.57. The highest BCUT2D eigenvalue weighted by atomic mass is 16.3. The van der Waals surface area contributed by atoms with Crippen LogP contribution in [-0.4, -0.2) is 20.9 Å². The summed E-state index contributed by atoms with van der Waals surface area (Å²) in [4.78, 5) is 31.1. The lowest BCUT2D eigenvalue weighted by molar-refractivity contribution is 0.429. The summed E-state index contributed by atoms with van der Waals surface area (Å²) < 4.78 is 1.07. The molecule has 0 amide bonds. The van der Waals surface area contributed by atoms with Gasteiger partial charge in [0.15, 0.2) is 0 Å². The van der Waals surface area contributed by atoms with Gasteiger partial charge in [-0.15, -0.1) is 0 Å². The Bertz CT molecular complexity index is 1180. The zero-order valence-corrected chi connectivity index (χ0v) is 13.9. The average molecular weight is 345 g/mol. The maximum Gasteiger partial charge on any atom is 0.335 e. The molecule has 0 unspecified atom stereocenters. The first kappa shape index (κ1) is 15.8. The van der Waals surface area contributed by atoms with Crippen molar-refractivity contribution in [1.82, 2.24) is 9.55 Å². The van der Waals surface area contributed by atoms with E-state index in [2.05, 4.69) is 9.98 Å². The summed E-state index contributed by atoms with van der Waals surface area (Å²) in [5.41, 5.74) is 2.49. The van der Waals surface area contributed by atoms with E-state index in [-0.39, 0.29) is 5.56 Å². The number of benzene rings is 2. The summed E-state index contributed by atoms with van der Waals surface area (Å²) in [5.74, 6) is -0.409. The van der Waals surface area contributed by atoms with E-state index in [1.165, 1.54) is 6.08 Å². The summed E-state index contributed by atoms with van der Waals surface area (Å²) in [6, 6.07) is 14.6. The van der Waals surface area contributed by atoms with Crippen molar-refractivity contribution in [2.75, 3.05) is 0 Å². The van der Waals surface area contributed by atoms with Gasteiger partial charge in [0.25, 0.3) is 5.56 Å². The fourth-order valence-electron chi connectivity index (χ4n) is 2.91. The van der Waals surface area contributed by atoms with E-state index < -0.39 is 17.1 Å². The normalized spacial score (nSPS) is 14.0. The molecule has 1 aliphatic heterocycles. The average Bonchev–Trinajstić information content (AvgIpc) is 3.03. The van der Waals surface area contributed by atoms with Gasteiger partial charge in [0.2, 0.25) is 5.88 Å². The molecule has 0 bridgehead atoms. The number of rotatable bonds is 2. The molecule has 2 heterocycles. The number of aromatic hydroxyl groups is 1. The Hall–Kier alpha value is -3.67. The van der Waals surface area contributed by atoms with E-state index in [9.17, 15) is 14.7 Å². The lowest BCUT2D eigenvalue weighted by Gasteiger charge is -2.10. The van der Waals surface area contributed by atoms with Gasteiger partial charge < -0.3 is 5.11 Å². The van der Waals surface area contributed by atoms with E-state index in [1.807, 2.05) is 43.3 Å². The molecule has 2 aromatic carbocycles. The van der Waals surface area contributed by atoms with Crippen LogP contribution in [0, 0.1) is 6.92 Å². The first-order valence-electron chi connectivity index (χ1n) is 8.05. The minimum atomic E-state index is -0.695. The molecule has 1 aliphatic rings. The van der Waals surface area contributed by atoms with E-state index in [4.69, 9.17) is 0 Å². The second kappa shape index (κ2) is 6.00. The number of aromatic amines is 1. The predicted octanol–water partition coefficient (Wildman–Crippen LogP) is 2.80. The number of hydrogen-bond donors (Lipinski definition) is 2. The predicted molar refractivity (Wildman–Crippen MR) is 102 cm³/mol. The van der Waals surface area contributed by atoms with Gasteiger partial charge in [0.05, 0.1) is 11.4 Å². The fourth-order valence-corrected chi connectivity index (χ4v) is 2.91. The second-order valence-electron chi connectivity index (χ2n) is 6.04. The van der Waals surface area contributed by atoms with E-state index in [0.717, 1.165) is 21.4 Å². The van der Waals surface area contributed by atoms with Gasteiger partial charge in [-0.25, -0.2) is 9.36 Å². The van der Waals surface area contributed by atoms with Crippen molar-refractivity contribution in [3.05, 3.63) is 86.1 Å². The number of aryl methyl sites for hydroxylation is 1. The van der Waals surface area contributed by atoms with Gasteiger partial charge in [-0.05, 0) is 31.2 Å². The standard InChI is InChI=1S/C20H15N3O3/c1-12-6-8-14(9-7-12)23-19(25)16(18(24)22-20(23)26)10-13-11-21-17-5-3-2-4-15(13)17/h2-11,25H,1H3,(H,22,24,26)/b13-10+. The summed E-state index contributed by atoms with van der Waals surface area (Å²) in [7, 11) is 0. The number of H-pyrrole nitrogens is 1. The molecule has 2 N–H and O–H groups in total. The Morgan fingerprint density at radius 3 is 2.58 bits per heavy atom. The van der Waals surface area contributed by atoms with Crippen LogP contribution in [0.25, 0.3) is 17.3 Å². The monoisotopic (exact) mass is 345 g/mol. The minimum absolute atomic E-state index is 0.00308. The first-order valence-corrected chi connectivity index (χ1v) is 8.05. The molecule has 0 aliphatic carbocycles. The lowest BCUT2D eigenvalue weighted by atomic mass is 10.1. The van der Waals surface area contributed by atoms with Crippen molar-refractivity contribution < 1.29 is 5.11 Å². The molecule has 0 atom stereocenters. The van der Waals surface area contributed by atoms with Crippen molar-refractivity contribution in [2.45, 2.75) is 6.92 Å². The van der Waals surface area contributed by atoms with Crippen molar-refractivity contribution in [1.29, 1.82) is 0 Å². The lowest BCUT2D eigenvalue weighted by Crippen LogP contribution is -2.30. The molecule has 4 rings (SSSR count). The number of nitrogens with zero attached hydrogens (tertiary/aromatic N) is 2. The highest BCUT2D eigenvalue weighted by Crippen LogP contribution is 2.32. The number of nitrogens with one attached hydrogen (secondary N) is 1. The number of hydrogen-bond acceptors (Lipinski definition) is 4. The van der Waals surface area contributed by atoms with Crippen LogP contribution in [0.15, 0.2) is 63.1 Å². The number of allylic oxidation sites excluding steroid dienone is 1. The molecular weight excluding hydrogens is 330 g/mol. The van der Waals surface area contributed by atoms with Crippen molar-refractivity contribution >= 4 is 23.6 Å². The van der Waals surface area contributed by atoms with Gasteiger partial charge >= 0.3 is 5.69 Å². The smallest absolute Gasteiger partial charge is 0.335 e.